The maximum atomic E-state index is 13.6. The number of hydrogen-bond acceptors (Lipinski definition) is 6. The fraction of sp³-hybridized carbons (Fsp3) is 0.385. The van der Waals surface area contributed by atoms with Crippen LogP contribution in [0.15, 0.2) is 48.8 Å². The van der Waals surface area contributed by atoms with Crippen LogP contribution in [0.1, 0.15) is 60.8 Å². The molecule has 2 heterocycles. The smallest absolute Gasteiger partial charge is 0.305 e. The van der Waals surface area contributed by atoms with Gasteiger partial charge in [-0.1, -0.05) is 19.9 Å². The molecule has 1 amide bonds. The Labute approximate surface area is 208 Å². The highest BCUT2D eigenvalue weighted by Gasteiger charge is 2.26. The Balaban J connectivity index is 1.90. The highest BCUT2D eigenvalue weighted by Crippen LogP contribution is 2.29. The van der Waals surface area contributed by atoms with E-state index in [1.54, 1.807) is 30.6 Å². The predicted molar refractivity (Wildman–Crippen MR) is 131 cm³/mol. The normalized spacial score (nSPS) is 12.9. The molecule has 3 aromatic rings. The number of imidazole rings is 1. The third kappa shape index (κ3) is 7.19. The number of benzene rings is 1. The first-order valence-corrected chi connectivity index (χ1v) is 11.8. The molecule has 2 unspecified atom stereocenters. The maximum Gasteiger partial charge on any atom is 0.305 e. The number of hydrogen-bond donors (Lipinski definition) is 4. The van der Waals surface area contributed by atoms with Crippen LogP contribution in [0.4, 0.5) is 4.39 Å². The molecule has 0 bridgehead atoms. The van der Waals surface area contributed by atoms with Crippen molar-refractivity contribution in [2.24, 2.45) is 0 Å². The van der Waals surface area contributed by atoms with Crippen LogP contribution < -0.4 is 5.32 Å². The minimum atomic E-state index is -1.17. The zero-order valence-corrected chi connectivity index (χ0v) is 20.3. The van der Waals surface area contributed by atoms with Crippen LogP contribution >= 0.6 is 0 Å². The van der Waals surface area contributed by atoms with Crippen LogP contribution in [0.3, 0.4) is 0 Å². The number of carboxylic acid groups (broad SMARTS) is 1. The van der Waals surface area contributed by atoms with Crippen molar-refractivity contribution in [1.82, 2.24) is 19.9 Å². The Morgan fingerprint density at radius 1 is 1.11 bits per heavy atom. The number of nitrogens with zero attached hydrogens (tertiary/aromatic N) is 3. The first kappa shape index (κ1) is 27.0. The molecular formula is C26H31FN4O5. The van der Waals surface area contributed by atoms with Gasteiger partial charge >= 0.3 is 5.97 Å². The summed E-state index contributed by atoms with van der Waals surface area (Å²) in [4.78, 5) is 32.7. The average molecular weight is 499 g/mol. The van der Waals surface area contributed by atoms with Gasteiger partial charge in [0.1, 0.15) is 17.3 Å². The molecule has 0 saturated carbocycles. The lowest BCUT2D eigenvalue weighted by Crippen LogP contribution is -2.25. The Morgan fingerprint density at radius 3 is 2.44 bits per heavy atom. The zero-order chi connectivity index (χ0) is 26.2. The predicted octanol–water partition coefficient (Wildman–Crippen LogP) is 3.11. The van der Waals surface area contributed by atoms with E-state index in [4.69, 9.17) is 5.11 Å². The molecule has 3 rings (SSSR count). The molecule has 2 aromatic heterocycles. The van der Waals surface area contributed by atoms with Crippen molar-refractivity contribution in [1.29, 1.82) is 0 Å². The van der Waals surface area contributed by atoms with E-state index < -0.39 is 30.4 Å². The van der Waals surface area contributed by atoms with Crippen LogP contribution in [-0.2, 0) is 17.9 Å². The number of aliphatic carboxylic acids is 1. The van der Waals surface area contributed by atoms with E-state index in [1.165, 1.54) is 12.1 Å². The fourth-order valence-electron chi connectivity index (χ4n) is 4.03. The Morgan fingerprint density at radius 2 is 1.83 bits per heavy atom. The van der Waals surface area contributed by atoms with Gasteiger partial charge in [-0.2, -0.15) is 0 Å². The van der Waals surface area contributed by atoms with Crippen LogP contribution in [-0.4, -0.2) is 53.9 Å². The van der Waals surface area contributed by atoms with Gasteiger partial charge in [0.2, 0.25) is 0 Å². The highest BCUT2D eigenvalue weighted by molar-refractivity contribution is 5.94. The zero-order valence-electron chi connectivity index (χ0n) is 20.3. The minimum absolute atomic E-state index is 0.0949. The number of rotatable bonds is 12. The van der Waals surface area contributed by atoms with Crippen molar-refractivity contribution >= 4 is 11.9 Å². The number of aliphatic hydroxyl groups is 2. The van der Waals surface area contributed by atoms with Gasteiger partial charge in [-0.15, -0.1) is 0 Å². The molecule has 10 heteroatoms. The van der Waals surface area contributed by atoms with Gasteiger partial charge in [0.15, 0.2) is 0 Å². The van der Waals surface area contributed by atoms with Gasteiger partial charge in [0.05, 0.1) is 24.3 Å². The molecular weight excluding hydrogens is 467 g/mol. The molecule has 0 aliphatic heterocycles. The average Bonchev–Trinajstić information content (AvgIpc) is 3.21. The van der Waals surface area contributed by atoms with Crippen molar-refractivity contribution in [3.63, 3.8) is 0 Å². The molecule has 2 atom stereocenters. The van der Waals surface area contributed by atoms with Crippen molar-refractivity contribution < 1.29 is 29.3 Å². The summed E-state index contributed by atoms with van der Waals surface area (Å²) in [6.07, 6.45) is 0.808. The van der Waals surface area contributed by atoms with E-state index in [1.807, 2.05) is 24.5 Å². The lowest BCUT2D eigenvalue weighted by Gasteiger charge is -2.18. The number of halogens is 1. The van der Waals surface area contributed by atoms with E-state index in [-0.39, 0.29) is 43.5 Å². The largest absolute Gasteiger partial charge is 0.481 e. The maximum absolute atomic E-state index is 13.6. The van der Waals surface area contributed by atoms with E-state index in [0.717, 1.165) is 5.56 Å². The highest BCUT2D eigenvalue weighted by atomic mass is 19.1. The van der Waals surface area contributed by atoms with Gasteiger partial charge in [-0.05, 0) is 54.7 Å². The first-order chi connectivity index (χ1) is 17.2. The number of amides is 1. The lowest BCUT2D eigenvalue weighted by molar-refractivity contribution is -0.139. The molecule has 36 heavy (non-hydrogen) atoms. The molecule has 4 N–H and O–H groups in total. The van der Waals surface area contributed by atoms with Gasteiger partial charge in [-0.25, -0.2) is 9.37 Å². The van der Waals surface area contributed by atoms with E-state index in [2.05, 4.69) is 15.3 Å². The van der Waals surface area contributed by atoms with Gasteiger partial charge in [-0.3, -0.25) is 14.6 Å². The fourth-order valence-corrected chi connectivity index (χ4v) is 4.03. The van der Waals surface area contributed by atoms with Crippen LogP contribution in [0.2, 0.25) is 0 Å². The van der Waals surface area contributed by atoms with Crippen molar-refractivity contribution in [2.45, 2.75) is 64.3 Å². The van der Waals surface area contributed by atoms with Crippen LogP contribution in [0.5, 0.6) is 0 Å². The number of pyridine rings is 1. The number of aromatic nitrogens is 3. The first-order valence-electron chi connectivity index (χ1n) is 11.8. The summed E-state index contributed by atoms with van der Waals surface area (Å²) in [5, 5.41) is 32.0. The third-order valence-electron chi connectivity index (χ3n) is 5.69. The second kappa shape index (κ2) is 12.4. The molecule has 0 spiro atoms. The summed E-state index contributed by atoms with van der Waals surface area (Å²) in [6, 6.07) is 9.39. The summed E-state index contributed by atoms with van der Waals surface area (Å²) < 4.78 is 15.4. The molecule has 0 aliphatic rings. The second-order valence-corrected chi connectivity index (χ2v) is 8.96. The Kier molecular flexibility index (Phi) is 9.26. The SMILES string of the molecule is CC(C)c1c(C(=O)NCc2cccnc2)nc(-c2ccc(F)cc2)n1CCC(O)CC(O)CC(=O)O. The van der Waals surface area contributed by atoms with Crippen molar-refractivity contribution in [3.8, 4) is 11.4 Å². The summed E-state index contributed by atoms with van der Waals surface area (Å²) in [5.41, 5.74) is 2.31. The van der Waals surface area contributed by atoms with Gasteiger partial charge in [0.25, 0.3) is 5.91 Å². The van der Waals surface area contributed by atoms with Gasteiger partial charge in [0, 0.05) is 31.0 Å². The summed E-state index contributed by atoms with van der Waals surface area (Å²) >= 11 is 0. The molecule has 9 nitrogen and oxygen atoms in total. The summed E-state index contributed by atoms with van der Waals surface area (Å²) in [6.45, 7) is 4.37. The summed E-state index contributed by atoms with van der Waals surface area (Å²) in [5.74, 6) is -1.59. The Bertz CT molecular complexity index is 1170. The topological polar surface area (TPSA) is 138 Å². The molecule has 0 radical (unpaired) electrons. The quantitative estimate of drug-likeness (QED) is 0.301. The van der Waals surface area contributed by atoms with Crippen LogP contribution in [0.25, 0.3) is 11.4 Å². The standard InChI is InChI=1S/C26H31FN4O5/c1-16(2)24-23(26(36)29-15-17-4-3-10-28-14-17)30-25(18-5-7-19(27)8-6-18)31(24)11-9-20(32)12-21(33)13-22(34)35/h3-8,10,14,16,20-21,32-33H,9,11-13,15H2,1-2H3,(H,29,36)(H,34,35). The number of carboxylic acids is 1. The van der Waals surface area contributed by atoms with E-state index >= 15 is 0 Å². The van der Waals surface area contributed by atoms with Crippen molar-refractivity contribution in [2.75, 3.05) is 0 Å². The number of nitrogens with one attached hydrogen (secondary N) is 1. The number of carbonyl (C=O) groups excluding carboxylic acids is 1. The molecule has 0 aliphatic carbocycles. The monoisotopic (exact) mass is 498 g/mol. The lowest BCUT2D eigenvalue weighted by atomic mass is 10.0. The Hall–Kier alpha value is -3.63. The number of carbonyl (C=O) groups is 2. The van der Waals surface area contributed by atoms with Crippen molar-refractivity contribution in [3.05, 3.63) is 71.6 Å². The molecule has 1 aromatic carbocycles. The van der Waals surface area contributed by atoms with Gasteiger partial charge < -0.3 is 25.2 Å². The third-order valence-corrected chi connectivity index (χ3v) is 5.69. The van der Waals surface area contributed by atoms with E-state index in [9.17, 15) is 24.2 Å². The minimum Gasteiger partial charge on any atom is -0.481 e. The molecule has 192 valence electrons. The molecule has 0 saturated heterocycles. The molecule has 0 fully saturated rings. The van der Waals surface area contributed by atoms with Crippen LogP contribution in [0, 0.1) is 5.82 Å². The summed E-state index contributed by atoms with van der Waals surface area (Å²) in [7, 11) is 0. The van der Waals surface area contributed by atoms with E-state index in [0.29, 0.717) is 17.1 Å². The second-order valence-electron chi connectivity index (χ2n) is 8.96. The number of aliphatic hydroxyl groups excluding tert-OH is 2.